The molecule has 1 aliphatic carbocycles. The van der Waals surface area contributed by atoms with Gasteiger partial charge in [0.2, 0.25) is 6.79 Å². The maximum Gasteiger partial charge on any atom is 0.303 e. The highest BCUT2D eigenvalue weighted by molar-refractivity contribution is 5.93. The van der Waals surface area contributed by atoms with Gasteiger partial charge in [-0.25, -0.2) is 9.97 Å². The van der Waals surface area contributed by atoms with Crippen molar-refractivity contribution >= 4 is 22.8 Å². The fraction of sp³-hybridized carbons (Fsp3) is 0.367. The summed E-state index contributed by atoms with van der Waals surface area (Å²) in [6.45, 7) is 3.05. The van der Waals surface area contributed by atoms with Crippen molar-refractivity contribution < 1.29 is 19.4 Å². The van der Waals surface area contributed by atoms with Gasteiger partial charge in [-0.15, -0.1) is 0 Å². The molecule has 1 unspecified atom stereocenters. The highest BCUT2D eigenvalue weighted by atomic mass is 16.7. The number of aryl methyl sites for hydroxylation is 2. The molecule has 8 heteroatoms. The Kier molecular flexibility index (Phi) is 6.62. The molecule has 0 spiro atoms. The molecule has 2 N–H and O–H groups in total. The standard InChI is InChI=1S/C30H32N4O4/c1-19(21-8-3-2-4-9-21)34-23-11-6-5-10-22(23)28-29(32-26(33-30(28)34)12-7-13-27(35)36)31-17-20-14-15-24-25(16-20)38-18-37-24/h2-4,8-9,14-16,19H,5-7,10-13,17-18H2,1H3,(H,35,36)(H,31,32,33). The third-order valence-corrected chi connectivity index (χ3v) is 7.55. The molecular weight excluding hydrogens is 480 g/mol. The van der Waals surface area contributed by atoms with E-state index in [0.29, 0.717) is 25.2 Å². The van der Waals surface area contributed by atoms with Gasteiger partial charge in [-0.3, -0.25) is 4.79 Å². The molecule has 38 heavy (non-hydrogen) atoms. The summed E-state index contributed by atoms with van der Waals surface area (Å²) < 4.78 is 13.4. The fourth-order valence-electron chi connectivity index (χ4n) is 5.67. The van der Waals surface area contributed by atoms with Gasteiger partial charge in [-0.05, 0) is 67.9 Å². The molecule has 2 aromatic carbocycles. The van der Waals surface area contributed by atoms with Crippen LogP contribution in [0.15, 0.2) is 48.5 Å². The molecule has 0 saturated heterocycles. The number of carbonyl (C=O) groups is 1. The predicted molar refractivity (Wildman–Crippen MR) is 145 cm³/mol. The Morgan fingerprint density at radius 2 is 1.89 bits per heavy atom. The maximum atomic E-state index is 11.2. The number of hydrogen-bond acceptors (Lipinski definition) is 6. The normalized spacial score (nSPS) is 14.9. The number of nitrogens with zero attached hydrogens (tertiary/aromatic N) is 3. The largest absolute Gasteiger partial charge is 0.481 e. The maximum absolute atomic E-state index is 11.2. The van der Waals surface area contributed by atoms with Gasteiger partial charge >= 0.3 is 5.97 Å². The van der Waals surface area contributed by atoms with Crippen molar-refractivity contribution in [3.05, 3.63) is 76.7 Å². The summed E-state index contributed by atoms with van der Waals surface area (Å²) in [5.41, 5.74) is 5.91. The first-order chi connectivity index (χ1) is 18.6. The Labute approximate surface area is 221 Å². The molecule has 196 valence electrons. The minimum absolute atomic E-state index is 0.0965. The lowest BCUT2D eigenvalue weighted by atomic mass is 9.95. The van der Waals surface area contributed by atoms with Gasteiger partial charge < -0.3 is 24.5 Å². The van der Waals surface area contributed by atoms with Crippen molar-refractivity contribution in [2.24, 2.45) is 0 Å². The molecule has 0 fully saturated rings. The number of aliphatic carboxylic acids is 1. The molecule has 0 bridgehead atoms. The topological polar surface area (TPSA) is 98.5 Å². The molecule has 2 aromatic heterocycles. The first-order valence-corrected chi connectivity index (χ1v) is 13.4. The Balaban J connectivity index is 1.44. The van der Waals surface area contributed by atoms with Crippen LogP contribution in [0.2, 0.25) is 0 Å². The van der Waals surface area contributed by atoms with E-state index in [1.807, 2.05) is 24.3 Å². The summed E-state index contributed by atoms with van der Waals surface area (Å²) in [4.78, 5) is 21.2. The molecule has 8 nitrogen and oxygen atoms in total. The van der Waals surface area contributed by atoms with Crippen molar-refractivity contribution in [1.82, 2.24) is 14.5 Å². The summed E-state index contributed by atoms with van der Waals surface area (Å²) in [5.74, 6) is 2.20. The van der Waals surface area contributed by atoms with Crippen molar-refractivity contribution in [3.8, 4) is 11.5 Å². The third kappa shape index (κ3) is 4.66. The zero-order valence-electron chi connectivity index (χ0n) is 21.6. The molecule has 1 atom stereocenters. The monoisotopic (exact) mass is 512 g/mol. The Morgan fingerprint density at radius 1 is 1.08 bits per heavy atom. The summed E-state index contributed by atoms with van der Waals surface area (Å²) in [7, 11) is 0. The van der Waals surface area contributed by atoms with E-state index in [9.17, 15) is 9.90 Å². The van der Waals surface area contributed by atoms with Gasteiger partial charge in [0.05, 0.1) is 11.4 Å². The van der Waals surface area contributed by atoms with Crippen molar-refractivity contribution in [1.29, 1.82) is 0 Å². The molecule has 0 saturated carbocycles. The Hall–Kier alpha value is -4.07. The lowest BCUT2D eigenvalue weighted by molar-refractivity contribution is -0.137. The minimum Gasteiger partial charge on any atom is -0.481 e. The summed E-state index contributed by atoms with van der Waals surface area (Å²) >= 11 is 0. The van der Waals surface area contributed by atoms with Gasteiger partial charge in [-0.1, -0.05) is 36.4 Å². The second kappa shape index (κ2) is 10.4. The van der Waals surface area contributed by atoms with E-state index >= 15 is 0 Å². The SMILES string of the molecule is CC(c1ccccc1)n1c2c(c3c(NCc4ccc5c(c4)OCO5)nc(CCCC(=O)O)nc31)CCCC2. The number of anilines is 1. The van der Waals surface area contributed by atoms with Gasteiger partial charge in [0.15, 0.2) is 11.5 Å². The summed E-state index contributed by atoms with van der Waals surface area (Å²) in [5, 5.41) is 13.9. The zero-order chi connectivity index (χ0) is 26.1. The van der Waals surface area contributed by atoms with E-state index in [-0.39, 0.29) is 19.3 Å². The van der Waals surface area contributed by atoms with Crippen LogP contribution in [0, 0.1) is 0 Å². The number of hydrogen-bond donors (Lipinski definition) is 2. The molecule has 0 radical (unpaired) electrons. The predicted octanol–water partition coefficient (Wildman–Crippen LogP) is 5.67. The Bertz CT molecular complexity index is 1480. The number of fused-ring (bicyclic) bond motifs is 4. The first-order valence-electron chi connectivity index (χ1n) is 13.4. The zero-order valence-corrected chi connectivity index (χ0v) is 21.6. The molecule has 2 aliphatic rings. The quantitative estimate of drug-likeness (QED) is 0.298. The average Bonchev–Trinajstić information content (AvgIpc) is 3.54. The fourth-order valence-corrected chi connectivity index (χ4v) is 5.67. The van der Waals surface area contributed by atoms with Crippen molar-refractivity contribution in [2.75, 3.05) is 12.1 Å². The van der Waals surface area contributed by atoms with E-state index in [1.165, 1.54) is 16.8 Å². The summed E-state index contributed by atoms with van der Waals surface area (Å²) in [6, 6.07) is 16.6. The van der Waals surface area contributed by atoms with Gasteiger partial charge in [0, 0.05) is 25.1 Å². The van der Waals surface area contributed by atoms with Crippen LogP contribution in [0.3, 0.4) is 0 Å². The molecule has 3 heterocycles. The van der Waals surface area contributed by atoms with Crippen LogP contribution in [0.4, 0.5) is 5.82 Å². The third-order valence-electron chi connectivity index (χ3n) is 7.55. The minimum atomic E-state index is -0.802. The highest BCUT2D eigenvalue weighted by Crippen LogP contribution is 2.39. The molecule has 1 aliphatic heterocycles. The van der Waals surface area contributed by atoms with Gasteiger partial charge in [-0.2, -0.15) is 0 Å². The number of rotatable bonds is 9. The van der Waals surface area contributed by atoms with E-state index in [1.54, 1.807) is 0 Å². The number of carboxylic acids is 1. The average molecular weight is 513 g/mol. The van der Waals surface area contributed by atoms with Crippen LogP contribution in [0.5, 0.6) is 11.5 Å². The number of carboxylic acid groups (broad SMARTS) is 1. The van der Waals surface area contributed by atoms with E-state index in [0.717, 1.165) is 59.6 Å². The number of ether oxygens (including phenoxy) is 2. The second-order valence-corrected chi connectivity index (χ2v) is 10.1. The molecular formula is C30H32N4O4. The lowest BCUT2D eigenvalue weighted by Crippen LogP contribution is -2.14. The smallest absolute Gasteiger partial charge is 0.303 e. The van der Waals surface area contributed by atoms with Gasteiger partial charge in [0.1, 0.15) is 17.3 Å². The van der Waals surface area contributed by atoms with Gasteiger partial charge in [0.25, 0.3) is 0 Å². The Morgan fingerprint density at radius 3 is 2.74 bits per heavy atom. The van der Waals surface area contributed by atoms with Crippen LogP contribution in [-0.4, -0.2) is 32.4 Å². The molecule has 6 rings (SSSR count). The van der Waals surface area contributed by atoms with Crippen LogP contribution in [0.25, 0.3) is 11.0 Å². The molecule has 4 aromatic rings. The van der Waals surface area contributed by atoms with E-state index < -0.39 is 5.97 Å². The molecule has 0 amide bonds. The summed E-state index contributed by atoms with van der Waals surface area (Å²) in [6.07, 6.45) is 5.42. The van der Waals surface area contributed by atoms with E-state index in [4.69, 9.17) is 19.4 Å². The number of nitrogens with one attached hydrogen (secondary N) is 1. The lowest BCUT2D eigenvalue weighted by Gasteiger charge is -2.21. The number of aromatic nitrogens is 3. The van der Waals surface area contributed by atoms with Crippen LogP contribution < -0.4 is 14.8 Å². The van der Waals surface area contributed by atoms with Crippen LogP contribution in [0.1, 0.15) is 66.9 Å². The van der Waals surface area contributed by atoms with Crippen LogP contribution >= 0.6 is 0 Å². The van der Waals surface area contributed by atoms with E-state index in [2.05, 4.69) is 41.1 Å². The van der Waals surface area contributed by atoms with Crippen molar-refractivity contribution in [3.63, 3.8) is 0 Å². The van der Waals surface area contributed by atoms with Crippen LogP contribution in [-0.2, 0) is 30.6 Å². The number of benzene rings is 2. The highest BCUT2D eigenvalue weighted by Gasteiger charge is 2.27. The second-order valence-electron chi connectivity index (χ2n) is 10.1. The van der Waals surface area contributed by atoms with Crippen molar-refractivity contribution in [2.45, 2.75) is 64.5 Å². The first kappa shape index (κ1) is 24.3.